The minimum atomic E-state index is 0.419. The van der Waals surface area contributed by atoms with Crippen LogP contribution < -0.4 is 4.74 Å². The second-order valence-corrected chi connectivity index (χ2v) is 7.12. The summed E-state index contributed by atoms with van der Waals surface area (Å²) in [6.45, 7) is 4.68. The van der Waals surface area contributed by atoms with Crippen LogP contribution in [0.5, 0.6) is 11.5 Å². The first-order chi connectivity index (χ1) is 10.7. The van der Waals surface area contributed by atoms with Crippen LogP contribution in [0.1, 0.15) is 68.1 Å². The van der Waals surface area contributed by atoms with Crippen LogP contribution in [0.3, 0.4) is 0 Å². The van der Waals surface area contributed by atoms with Gasteiger partial charge >= 0.3 is 0 Å². The fraction of sp³-hybridized carbons (Fsp3) is 0.429. The number of fused-ring (bicyclic) bond motifs is 2. The molecule has 1 aliphatic carbocycles. The molecule has 1 nitrogen and oxygen atoms in total. The molecular formula is C21H24O. The number of rotatable bonds is 1. The molecule has 0 amide bonds. The van der Waals surface area contributed by atoms with Crippen molar-refractivity contribution in [2.75, 3.05) is 0 Å². The van der Waals surface area contributed by atoms with Gasteiger partial charge in [0.1, 0.15) is 11.5 Å². The van der Waals surface area contributed by atoms with Crippen LogP contribution in [0.4, 0.5) is 0 Å². The highest BCUT2D eigenvalue weighted by Crippen LogP contribution is 2.45. The first kappa shape index (κ1) is 13.9. The Morgan fingerprint density at radius 3 is 2.36 bits per heavy atom. The molecule has 1 heteroatoms. The predicted octanol–water partition coefficient (Wildman–Crippen LogP) is 6.24. The van der Waals surface area contributed by atoms with E-state index in [4.69, 9.17) is 4.74 Å². The average molecular weight is 292 g/mol. The van der Waals surface area contributed by atoms with E-state index in [2.05, 4.69) is 50.2 Å². The lowest BCUT2D eigenvalue weighted by Gasteiger charge is -2.30. The highest BCUT2D eigenvalue weighted by molar-refractivity contribution is 5.54. The number of para-hydroxylation sites is 1. The molecule has 0 N–H and O–H groups in total. The van der Waals surface area contributed by atoms with E-state index in [1.54, 1.807) is 0 Å². The van der Waals surface area contributed by atoms with Crippen molar-refractivity contribution in [1.82, 2.24) is 0 Å². The van der Waals surface area contributed by atoms with Gasteiger partial charge < -0.3 is 4.74 Å². The number of hydrogen-bond acceptors (Lipinski definition) is 1. The monoisotopic (exact) mass is 292 g/mol. The Morgan fingerprint density at radius 1 is 0.818 bits per heavy atom. The lowest BCUT2D eigenvalue weighted by Crippen LogP contribution is -2.12. The van der Waals surface area contributed by atoms with Gasteiger partial charge in [-0.25, -0.2) is 0 Å². The fourth-order valence-corrected chi connectivity index (χ4v) is 4.06. The summed E-state index contributed by atoms with van der Waals surface area (Å²) in [4.78, 5) is 0. The summed E-state index contributed by atoms with van der Waals surface area (Å²) in [5, 5.41) is 0. The van der Waals surface area contributed by atoms with Gasteiger partial charge in [-0.05, 0) is 42.4 Å². The van der Waals surface area contributed by atoms with Crippen molar-refractivity contribution in [2.24, 2.45) is 5.92 Å². The maximum atomic E-state index is 6.11. The lowest BCUT2D eigenvalue weighted by atomic mass is 9.78. The first-order valence-corrected chi connectivity index (χ1v) is 8.63. The summed E-state index contributed by atoms with van der Waals surface area (Å²) in [7, 11) is 0. The van der Waals surface area contributed by atoms with Crippen molar-refractivity contribution < 1.29 is 4.74 Å². The normalized spacial score (nSPS) is 26.7. The third-order valence-corrected chi connectivity index (χ3v) is 5.59. The van der Waals surface area contributed by atoms with E-state index in [0.29, 0.717) is 5.92 Å². The predicted molar refractivity (Wildman–Crippen MR) is 90.8 cm³/mol. The second kappa shape index (κ2) is 5.46. The van der Waals surface area contributed by atoms with E-state index < -0.39 is 0 Å². The molecule has 0 saturated heterocycles. The van der Waals surface area contributed by atoms with Crippen LogP contribution in [0.25, 0.3) is 0 Å². The van der Waals surface area contributed by atoms with Crippen LogP contribution in [0.15, 0.2) is 42.5 Å². The molecule has 0 spiro atoms. The van der Waals surface area contributed by atoms with Gasteiger partial charge in [-0.1, -0.05) is 57.0 Å². The van der Waals surface area contributed by atoms with Gasteiger partial charge in [0.25, 0.3) is 0 Å². The second-order valence-electron chi connectivity index (χ2n) is 7.12. The third-order valence-electron chi connectivity index (χ3n) is 5.59. The van der Waals surface area contributed by atoms with Crippen LogP contribution in [0.2, 0.25) is 0 Å². The molecular weight excluding hydrogens is 268 g/mol. The summed E-state index contributed by atoms with van der Waals surface area (Å²) in [5.74, 6) is 4.12. The van der Waals surface area contributed by atoms with Gasteiger partial charge in [0.05, 0.1) is 0 Å². The summed E-state index contributed by atoms with van der Waals surface area (Å²) in [5.41, 5.74) is 4.18. The smallest absolute Gasteiger partial charge is 0.131 e. The molecule has 1 fully saturated rings. The van der Waals surface area contributed by atoms with Gasteiger partial charge in [-0.3, -0.25) is 0 Å². The zero-order valence-corrected chi connectivity index (χ0v) is 13.5. The summed E-state index contributed by atoms with van der Waals surface area (Å²) in [6, 6.07) is 15.3. The van der Waals surface area contributed by atoms with Crippen LogP contribution in [-0.4, -0.2) is 0 Å². The standard InChI is InChI=1S/C21H24O/c1-14-7-9-16(10-8-14)17-11-12-21-19(13-17)15(2)18-5-3-4-6-20(18)22-21/h3-6,11-16H,7-10H2,1-2H3. The minimum Gasteiger partial charge on any atom is -0.457 e. The van der Waals surface area contributed by atoms with Gasteiger partial charge in [0.15, 0.2) is 0 Å². The zero-order chi connectivity index (χ0) is 15.1. The molecule has 1 unspecified atom stereocenters. The Morgan fingerprint density at radius 2 is 1.55 bits per heavy atom. The van der Waals surface area contributed by atoms with Crippen molar-refractivity contribution >= 4 is 0 Å². The molecule has 2 aromatic rings. The van der Waals surface area contributed by atoms with Crippen molar-refractivity contribution in [2.45, 2.75) is 51.4 Å². The highest BCUT2D eigenvalue weighted by Gasteiger charge is 2.26. The van der Waals surface area contributed by atoms with Crippen molar-refractivity contribution in [3.05, 3.63) is 59.2 Å². The molecule has 1 aliphatic heterocycles. The van der Waals surface area contributed by atoms with Crippen LogP contribution in [-0.2, 0) is 0 Å². The first-order valence-electron chi connectivity index (χ1n) is 8.63. The van der Waals surface area contributed by atoms with Crippen LogP contribution >= 0.6 is 0 Å². The maximum absolute atomic E-state index is 6.11. The van der Waals surface area contributed by atoms with E-state index >= 15 is 0 Å². The van der Waals surface area contributed by atoms with Gasteiger partial charge in [-0.15, -0.1) is 0 Å². The molecule has 114 valence electrons. The van der Waals surface area contributed by atoms with E-state index in [9.17, 15) is 0 Å². The third kappa shape index (κ3) is 2.33. The molecule has 2 aliphatic rings. The summed E-state index contributed by atoms with van der Waals surface area (Å²) < 4.78 is 6.11. The Labute approximate surface area is 133 Å². The minimum absolute atomic E-state index is 0.419. The molecule has 0 bridgehead atoms. The van der Waals surface area contributed by atoms with E-state index in [1.165, 1.54) is 42.4 Å². The molecule has 4 rings (SSSR count). The van der Waals surface area contributed by atoms with Crippen molar-refractivity contribution in [3.63, 3.8) is 0 Å². The summed E-state index contributed by atoms with van der Waals surface area (Å²) >= 11 is 0. The molecule has 0 radical (unpaired) electrons. The van der Waals surface area contributed by atoms with Crippen LogP contribution in [0, 0.1) is 5.92 Å². The topological polar surface area (TPSA) is 9.23 Å². The Hall–Kier alpha value is -1.76. The fourth-order valence-electron chi connectivity index (χ4n) is 4.06. The SMILES string of the molecule is CC1CCC(c2ccc3c(c2)C(C)c2ccccc2O3)CC1. The Balaban J connectivity index is 1.67. The largest absolute Gasteiger partial charge is 0.457 e. The van der Waals surface area contributed by atoms with Gasteiger partial charge in [0.2, 0.25) is 0 Å². The van der Waals surface area contributed by atoms with Gasteiger partial charge in [0, 0.05) is 17.0 Å². The van der Waals surface area contributed by atoms with E-state index in [0.717, 1.165) is 23.3 Å². The van der Waals surface area contributed by atoms with Crippen molar-refractivity contribution in [1.29, 1.82) is 0 Å². The average Bonchev–Trinajstić information content (AvgIpc) is 2.56. The Kier molecular flexibility index (Phi) is 3.44. The molecule has 1 heterocycles. The maximum Gasteiger partial charge on any atom is 0.131 e. The van der Waals surface area contributed by atoms with Gasteiger partial charge in [-0.2, -0.15) is 0 Å². The molecule has 0 aromatic heterocycles. The summed E-state index contributed by atoms with van der Waals surface area (Å²) in [6.07, 6.45) is 5.42. The number of hydrogen-bond donors (Lipinski definition) is 0. The molecule has 2 aromatic carbocycles. The van der Waals surface area contributed by atoms with E-state index in [-0.39, 0.29) is 0 Å². The lowest BCUT2D eigenvalue weighted by molar-refractivity contribution is 0.347. The van der Waals surface area contributed by atoms with E-state index in [1.807, 2.05) is 6.07 Å². The highest BCUT2D eigenvalue weighted by atomic mass is 16.5. The Bertz CT molecular complexity index is 680. The number of benzene rings is 2. The molecule has 1 atom stereocenters. The quantitative estimate of drug-likeness (QED) is 0.604. The molecule has 1 saturated carbocycles. The molecule has 22 heavy (non-hydrogen) atoms. The zero-order valence-electron chi connectivity index (χ0n) is 13.5. The number of ether oxygens (including phenoxy) is 1. The van der Waals surface area contributed by atoms with Crippen molar-refractivity contribution in [3.8, 4) is 11.5 Å².